The molecule has 0 spiro atoms. The van der Waals surface area contributed by atoms with E-state index in [9.17, 15) is 0 Å². The van der Waals surface area contributed by atoms with Gasteiger partial charge in [0.05, 0.1) is 6.61 Å². The molecule has 1 heteroatoms. The summed E-state index contributed by atoms with van der Waals surface area (Å²) in [6, 6.07) is 0. The Labute approximate surface area is 70.1 Å². The van der Waals surface area contributed by atoms with Gasteiger partial charge < -0.3 is 4.74 Å². The minimum Gasteiger partial charge on any atom is -0.376 e. The molecule has 0 bridgehead atoms. The van der Waals surface area contributed by atoms with E-state index in [0.717, 1.165) is 32.3 Å². The maximum absolute atomic E-state index is 5.19. The third-order valence-corrected chi connectivity index (χ3v) is 1.28. The molecule has 0 aliphatic rings. The van der Waals surface area contributed by atoms with E-state index in [4.69, 9.17) is 4.74 Å². The van der Waals surface area contributed by atoms with Crippen molar-refractivity contribution in [2.24, 2.45) is 0 Å². The van der Waals surface area contributed by atoms with Gasteiger partial charge in [-0.15, -0.1) is 11.8 Å². The topological polar surface area (TPSA) is 9.23 Å². The van der Waals surface area contributed by atoms with Crippen LogP contribution in [0.25, 0.3) is 0 Å². The van der Waals surface area contributed by atoms with Gasteiger partial charge in [0.1, 0.15) is 0 Å². The monoisotopic (exact) mass is 153 g/mol. The number of unbranched alkanes of at least 4 members (excludes halogenated alkanes) is 2. The van der Waals surface area contributed by atoms with E-state index >= 15 is 0 Å². The molecule has 1 nitrogen and oxygen atoms in total. The molecular weight excluding hydrogens is 136 g/mol. The molecule has 0 aromatic heterocycles. The average Bonchev–Trinajstić information content (AvgIpc) is 2.03. The van der Waals surface area contributed by atoms with E-state index in [2.05, 4.69) is 18.8 Å². The zero-order valence-corrected chi connectivity index (χ0v) is 7.52. The molecular formula is C10H17O. The van der Waals surface area contributed by atoms with Gasteiger partial charge >= 0.3 is 0 Å². The highest BCUT2D eigenvalue weighted by Crippen LogP contribution is 1.96. The molecule has 0 saturated heterocycles. The van der Waals surface area contributed by atoms with Crippen LogP contribution in [0, 0.1) is 18.4 Å². The Morgan fingerprint density at radius 2 is 2.18 bits per heavy atom. The van der Waals surface area contributed by atoms with Crippen molar-refractivity contribution in [1.29, 1.82) is 0 Å². The lowest BCUT2D eigenvalue weighted by atomic mass is 10.2. The van der Waals surface area contributed by atoms with Crippen molar-refractivity contribution in [3.8, 4) is 11.8 Å². The molecule has 0 amide bonds. The van der Waals surface area contributed by atoms with Crippen LogP contribution in [-0.4, -0.2) is 6.61 Å². The summed E-state index contributed by atoms with van der Waals surface area (Å²) in [4.78, 5) is 0. The zero-order chi connectivity index (χ0) is 8.36. The van der Waals surface area contributed by atoms with Crippen molar-refractivity contribution in [2.75, 3.05) is 6.61 Å². The molecule has 0 rings (SSSR count). The molecule has 0 atom stereocenters. The van der Waals surface area contributed by atoms with Crippen LogP contribution >= 0.6 is 0 Å². The SMILES string of the molecule is CC#CCCCCO[CH]CC. The first-order valence-electron chi connectivity index (χ1n) is 4.24. The highest BCUT2D eigenvalue weighted by molar-refractivity contribution is 4.94. The van der Waals surface area contributed by atoms with Gasteiger partial charge in [0, 0.05) is 13.0 Å². The number of hydrogen-bond acceptors (Lipinski definition) is 1. The summed E-state index contributed by atoms with van der Waals surface area (Å²) in [5.74, 6) is 5.89. The van der Waals surface area contributed by atoms with Gasteiger partial charge in [0.25, 0.3) is 0 Å². The summed E-state index contributed by atoms with van der Waals surface area (Å²) in [6.45, 7) is 6.65. The van der Waals surface area contributed by atoms with Crippen LogP contribution in [0.1, 0.15) is 39.5 Å². The Kier molecular flexibility index (Phi) is 9.10. The average molecular weight is 153 g/mol. The summed E-state index contributed by atoms with van der Waals surface area (Å²) in [6.07, 6.45) is 4.27. The van der Waals surface area contributed by atoms with Gasteiger partial charge in [-0.05, 0) is 26.2 Å². The van der Waals surface area contributed by atoms with Crippen LogP contribution in [0.4, 0.5) is 0 Å². The summed E-state index contributed by atoms with van der Waals surface area (Å²) in [5.41, 5.74) is 0. The molecule has 63 valence electrons. The van der Waals surface area contributed by atoms with Crippen molar-refractivity contribution in [3.05, 3.63) is 6.61 Å². The van der Waals surface area contributed by atoms with Crippen molar-refractivity contribution < 1.29 is 4.74 Å². The third-order valence-electron chi connectivity index (χ3n) is 1.28. The first-order chi connectivity index (χ1) is 5.41. The maximum Gasteiger partial charge on any atom is 0.0833 e. The summed E-state index contributed by atoms with van der Waals surface area (Å²) in [5, 5.41) is 0. The van der Waals surface area contributed by atoms with Crippen molar-refractivity contribution in [2.45, 2.75) is 39.5 Å². The van der Waals surface area contributed by atoms with Gasteiger partial charge in [0.2, 0.25) is 0 Å². The normalized spacial score (nSPS) is 8.91. The van der Waals surface area contributed by atoms with Crippen molar-refractivity contribution in [1.82, 2.24) is 0 Å². The molecule has 0 aliphatic carbocycles. The summed E-state index contributed by atoms with van der Waals surface area (Å²) in [7, 11) is 0. The number of ether oxygens (including phenoxy) is 1. The predicted molar refractivity (Wildman–Crippen MR) is 47.8 cm³/mol. The first-order valence-corrected chi connectivity index (χ1v) is 4.24. The second-order valence-corrected chi connectivity index (χ2v) is 2.33. The van der Waals surface area contributed by atoms with Crippen molar-refractivity contribution in [3.63, 3.8) is 0 Å². The fourth-order valence-corrected chi connectivity index (χ4v) is 0.725. The van der Waals surface area contributed by atoms with Crippen LogP contribution in [0.5, 0.6) is 0 Å². The lowest BCUT2D eigenvalue weighted by molar-refractivity contribution is 0.189. The number of rotatable bonds is 6. The predicted octanol–water partition coefficient (Wildman–Crippen LogP) is 2.77. The van der Waals surface area contributed by atoms with Gasteiger partial charge in [-0.1, -0.05) is 6.92 Å². The second-order valence-electron chi connectivity index (χ2n) is 2.33. The largest absolute Gasteiger partial charge is 0.376 e. The molecule has 0 saturated carbocycles. The zero-order valence-electron chi connectivity index (χ0n) is 7.52. The molecule has 1 radical (unpaired) electrons. The molecule has 0 aliphatic heterocycles. The Morgan fingerprint density at radius 1 is 1.36 bits per heavy atom. The quantitative estimate of drug-likeness (QED) is 0.421. The second kappa shape index (κ2) is 9.52. The molecule has 0 N–H and O–H groups in total. The van der Waals surface area contributed by atoms with Gasteiger partial charge in [-0.2, -0.15) is 0 Å². The molecule has 0 aromatic rings. The highest BCUT2D eigenvalue weighted by Gasteiger charge is 1.86. The minimum absolute atomic E-state index is 0.846. The lowest BCUT2D eigenvalue weighted by Gasteiger charge is -1.98. The van der Waals surface area contributed by atoms with Crippen molar-refractivity contribution >= 4 is 0 Å². The standard InChI is InChI=1S/C10H17O/c1-3-5-6-7-8-10-11-9-4-2/h9H,4,6-8,10H2,1-2H3. The smallest absolute Gasteiger partial charge is 0.0833 e. The lowest BCUT2D eigenvalue weighted by Crippen LogP contribution is -1.90. The van der Waals surface area contributed by atoms with E-state index in [1.54, 1.807) is 0 Å². The minimum atomic E-state index is 0.846. The molecule has 0 aromatic carbocycles. The molecule has 0 heterocycles. The maximum atomic E-state index is 5.19. The molecule has 0 fully saturated rings. The van der Waals surface area contributed by atoms with Gasteiger partial charge in [-0.3, -0.25) is 0 Å². The van der Waals surface area contributed by atoms with Gasteiger partial charge in [0.15, 0.2) is 0 Å². The van der Waals surface area contributed by atoms with Gasteiger partial charge in [-0.25, -0.2) is 0 Å². The van der Waals surface area contributed by atoms with Crippen LogP contribution in [-0.2, 0) is 4.74 Å². The van der Waals surface area contributed by atoms with E-state index in [-0.39, 0.29) is 0 Å². The van der Waals surface area contributed by atoms with E-state index < -0.39 is 0 Å². The fraction of sp³-hybridized carbons (Fsp3) is 0.700. The Balaban J connectivity index is 2.83. The fourth-order valence-electron chi connectivity index (χ4n) is 0.725. The van der Waals surface area contributed by atoms with E-state index in [0.29, 0.717) is 0 Å². The Bertz CT molecular complexity index is 119. The Hall–Kier alpha value is -0.480. The summed E-state index contributed by atoms with van der Waals surface area (Å²) >= 11 is 0. The van der Waals surface area contributed by atoms with Crippen LogP contribution < -0.4 is 0 Å². The van der Waals surface area contributed by atoms with Crippen LogP contribution in [0.15, 0.2) is 0 Å². The van der Waals surface area contributed by atoms with E-state index in [1.807, 2.05) is 13.5 Å². The van der Waals surface area contributed by atoms with Crippen LogP contribution in [0.2, 0.25) is 0 Å². The molecule has 0 unspecified atom stereocenters. The Morgan fingerprint density at radius 3 is 2.82 bits per heavy atom. The van der Waals surface area contributed by atoms with E-state index in [1.165, 1.54) is 0 Å². The van der Waals surface area contributed by atoms with Crippen LogP contribution in [0.3, 0.4) is 0 Å². The first kappa shape index (κ1) is 10.5. The third kappa shape index (κ3) is 9.52. The number of hydrogen-bond donors (Lipinski definition) is 0. The molecule has 11 heavy (non-hydrogen) atoms. The summed E-state index contributed by atoms with van der Waals surface area (Å²) < 4.78 is 5.19. The highest BCUT2D eigenvalue weighted by atomic mass is 16.5.